The van der Waals surface area contributed by atoms with Gasteiger partial charge in [-0.3, -0.25) is 4.79 Å². The summed E-state index contributed by atoms with van der Waals surface area (Å²) in [5.41, 5.74) is 4.98. The topological polar surface area (TPSA) is 68.9 Å². The van der Waals surface area contributed by atoms with Crippen LogP contribution in [0.1, 0.15) is 16.7 Å². The number of carbonyl (C=O) groups is 1. The van der Waals surface area contributed by atoms with Crippen LogP contribution in [0.15, 0.2) is 4.34 Å². The summed E-state index contributed by atoms with van der Waals surface area (Å²) in [6.07, 6.45) is 0. The summed E-state index contributed by atoms with van der Waals surface area (Å²) >= 11 is 2.78. The number of carbonyl (C=O) groups excluding carboxylic acids is 1. The molecule has 11 heavy (non-hydrogen) atoms. The van der Waals surface area contributed by atoms with Gasteiger partial charge in [-0.2, -0.15) is 0 Å². The fourth-order valence-electron chi connectivity index (χ4n) is 0.491. The van der Waals surface area contributed by atoms with Gasteiger partial charge in [-0.1, -0.05) is 30.0 Å². The van der Waals surface area contributed by atoms with Crippen LogP contribution in [0.2, 0.25) is 0 Å². The van der Waals surface area contributed by atoms with Gasteiger partial charge in [-0.25, -0.2) is 0 Å². The molecule has 0 aromatic carbocycles. The van der Waals surface area contributed by atoms with E-state index in [1.165, 1.54) is 11.3 Å². The summed E-state index contributed by atoms with van der Waals surface area (Å²) in [6.45, 7) is 2.01. The first-order chi connectivity index (χ1) is 5.24. The van der Waals surface area contributed by atoms with Gasteiger partial charge in [0.15, 0.2) is 4.34 Å². The Morgan fingerprint density at radius 1 is 1.73 bits per heavy atom. The van der Waals surface area contributed by atoms with Crippen molar-refractivity contribution in [2.75, 3.05) is 5.75 Å². The van der Waals surface area contributed by atoms with Crippen molar-refractivity contribution >= 4 is 29.0 Å². The van der Waals surface area contributed by atoms with Crippen molar-refractivity contribution < 1.29 is 4.79 Å². The Balaban J connectivity index is 2.73. The lowest BCUT2D eigenvalue weighted by molar-refractivity contribution is 0.0999. The molecule has 1 aromatic heterocycles. The Bertz CT molecular complexity index is 260. The van der Waals surface area contributed by atoms with Crippen LogP contribution in [-0.4, -0.2) is 21.9 Å². The number of hydrogen-bond acceptors (Lipinski definition) is 5. The maximum atomic E-state index is 10.5. The van der Waals surface area contributed by atoms with Crippen molar-refractivity contribution in [2.45, 2.75) is 11.3 Å². The number of rotatable bonds is 3. The summed E-state index contributed by atoms with van der Waals surface area (Å²) in [6, 6.07) is 0. The van der Waals surface area contributed by atoms with E-state index in [9.17, 15) is 4.79 Å². The minimum Gasteiger partial charge on any atom is -0.363 e. The standard InChI is InChI=1S/C5H7N3OS2/c1-2-10-5-8-7-4(11-5)3(6)9/h2H2,1H3,(H2,6,9). The quantitative estimate of drug-likeness (QED) is 0.712. The van der Waals surface area contributed by atoms with Crippen LogP contribution in [0.25, 0.3) is 0 Å². The van der Waals surface area contributed by atoms with E-state index in [4.69, 9.17) is 5.73 Å². The van der Waals surface area contributed by atoms with Crippen molar-refractivity contribution in [1.29, 1.82) is 0 Å². The molecule has 0 spiro atoms. The van der Waals surface area contributed by atoms with E-state index in [0.29, 0.717) is 0 Å². The first-order valence-corrected chi connectivity index (χ1v) is 4.80. The third-order valence-electron chi connectivity index (χ3n) is 0.885. The van der Waals surface area contributed by atoms with Crippen LogP contribution >= 0.6 is 23.1 Å². The van der Waals surface area contributed by atoms with Gasteiger partial charge in [0.1, 0.15) is 0 Å². The predicted octanol–water partition coefficient (Wildman–Crippen LogP) is 0.749. The van der Waals surface area contributed by atoms with Gasteiger partial charge in [0.25, 0.3) is 5.91 Å². The van der Waals surface area contributed by atoms with Gasteiger partial charge in [0.2, 0.25) is 5.01 Å². The summed E-state index contributed by atoms with van der Waals surface area (Å²) in [5.74, 6) is 0.415. The second kappa shape index (κ2) is 3.68. The fourth-order valence-corrected chi connectivity index (χ4v) is 2.09. The van der Waals surface area contributed by atoms with E-state index in [-0.39, 0.29) is 5.01 Å². The van der Waals surface area contributed by atoms with Crippen LogP contribution in [0.4, 0.5) is 0 Å². The molecule has 0 aliphatic heterocycles. The number of nitrogens with two attached hydrogens (primary N) is 1. The first kappa shape index (κ1) is 8.48. The minimum atomic E-state index is -0.509. The third-order valence-corrected chi connectivity index (χ3v) is 2.84. The van der Waals surface area contributed by atoms with E-state index in [2.05, 4.69) is 10.2 Å². The molecule has 60 valence electrons. The molecule has 0 radical (unpaired) electrons. The Labute approximate surface area is 72.2 Å². The molecule has 0 bridgehead atoms. The molecule has 2 N–H and O–H groups in total. The van der Waals surface area contributed by atoms with E-state index in [0.717, 1.165) is 10.1 Å². The van der Waals surface area contributed by atoms with Crippen molar-refractivity contribution in [2.24, 2.45) is 5.73 Å². The van der Waals surface area contributed by atoms with Gasteiger partial charge in [-0.05, 0) is 5.75 Å². The van der Waals surface area contributed by atoms with Crippen LogP contribution in [0, 0.1) is 0 Å². The molecule has 1 heterocycles. The SMILES string of the molecule is CCSc1nnc(C(N)=O)s1. The van der Waals surface area contributed by atoms with Gasteiger partial charge in [-0.15, -0.1) is 10.2 Å². The lowest BCUT2D eigenvalue weighted by Crippen LogP contribution is -2.10. The van der Waals surface area contributed by atoms with Crippen molar-refractivity contribution in [1.82, 2.24) is 10.2 Å². The second-order valence-corrected chi connectivity index (χ2v) is 4.16. The molecule has 0 aliphatic carbocycles. The zero-order valence-corrected chi connectivity index (χ0v) is 7.54. The molecule has 0 fully saturated rings. The third kappa shape index (κ3) is 2.16. The number of hydrogen-bond donors (Lipinski definition) is 1. The first-order valence-electron chi connectivity index (χ1n) is 3.00. The highest BCUT2D eigenvalue weighted by molar-refractivity contribution is 8.01. The molecule has 1 amide bonds. The Kier molecular flexibility index (Phi) is 2.84. The van der Waals surface area contributed by atoms with Crippen molar-refractivity contribution in [3.63, 3.8) is 0 Å². The summed E-state index contributed by atoms with van der Waals surface area (Å²) < 4.78 is 0.793. The Hall–Kier alpha value is -0.620. The number of amides is 1. The molecule has 0 saturated carbocycles. The maximum absolute atomic E-state index is 10.5. The molecule has 0 aliphatic rings. The van der Waals surface area contributed by atoms with E-state index < -0.39 is 5.91 Å². The van der Waals surface area contributed by atoms with Crippen LogP contribution in [0.3, 0.4) is 0 Å². The molecule has 1 rings (SSSR count). The number of primary amides is 1. The number of nitrogens with zero attached hydrogens (tertiary/aromatic N) is 2. The zero-order chi connectivity index (χ0) is 8.27. The molecule has 0 atom stereocenters. The highest BCUT2D eigenvalue weighted by Gasteiger charge is 2.07. The minimum absolute atomic E-state index is 0.279. The van der Waals surface area contributed by atoms with Crippen molar-refractivity contribution in [3.8, 4) is 0 Å². The average Bonchev–Trinajstić information content (AvgIpc) is 2.37. The number of aromatic nitrogens is 2. The Morgan fingerprint density at radius 2 is 2.45 bits per heavy atom. The highest BCUT2D eigenvalue weighted by atomic mass is 32.2. The molecule has 1 aromatic rings. The average molecular weight is 189 g/mol. The fraction of sp³-hybridized carbons (Fsp3) is 0.400. The van der Waals surface area contributed by atoms with Gasteiger partial charge >= 0.3 is 0 Å². The molecule has 0 unspecified atom stereocenters. The smallest absolute Gasteiger partial charge is 0.279 e. The maximum Gasteiger partial charge on any atom is 0.279 e. The van der Waals surface area contributed by atoms with Crippen LogP contribution in [0.5, 0.6) is 0 Å². The summed E-state index contributed by atoms with van der Waals surface area (Å²) in [4.78, 5) is 10.5. The van der Waals surface area contributed by atoms with E-state index in [1.54, 1.807) is 11.8 Å². The second-order valence-electron chi connectivity index (χ2n) is 1.67. The molecular formula is C5H7N3OS2. The molecular weight excluding hydrogens is 182 g/mol. The summed E-state index contributed by atoms with van der Waals surface area (Å²) in [7, 11) is 0. The van der Waals surface area contributed by atoms with Gasteiger partial charge < -0.3 is 5.73 Å². The normalized spacial score (nSPS) is 9.91. The van der Waals surface area contributed by atoms with Crippen LogP contribution < -0.4 is 5.73 Å². The van der Waals surface area contributed by atoms with E-state index >= 15 is 0 Å². The van der Waals surface area contributed by atoms with E-state index in [1.807, 2.05) is 6.92 Å². The monoisotopic (exact) mass is 189 g/mol. The van der Waals surface area contributed by atoms with Gasteiger partial charge in [0.05, 0.1) is 0 Å². The van der Waals surface area contributed by atoms with Crippen LogP contribution in [-0.2, 0) is 0 Å². The zero-order valence-electron chi connectivity index (χ0n) is 5.90. The number of thioether (sulfide) groups is 1. The van der Waals surface area contributed by atoms with Gasteiger partial charge in [0, 0.05) is 0 Å². The Morgan fingerprint density at radius 3 is 2.91 bits per heavy atom. The molecule has 0 saturated heterocycles. The lowest BCUT2D eigenvalue weighted by atomic mass is 10.7. The van der Waals surface area contributed by atoms with Crippen molar-refractivity contribution in [3.05, 3.63) is 5.01 Å². The predicted molar refractivity (Wildman–Crippen MR) is 44.8 cm³/mol. The molecule has 4 nitrogen and oxygen atoms in total. The summed E-state index contributed by atoms with van der Waals surface area (Å²) in [5, 5.41) is 7.64. The molecule has 6 heteroatoms. The largest absolute Gasteiger partial charge is 0.363 e. The lowest BCUT2D eigenvalue weighted by Gasteiger charge is -1.83. The highest BCUT2D eigenvalue weighted by Crippen LogP contribution is 2.21.